The number of carbonyl (C=O) groups is 2. The monoisotopic (exact) mass is 294 g/mol. The second-order valence-electron chi connectivity index (χ2n) is 6.24. The number of fused-ring (bicyclic) bond motifs is 2. The molecule has 3 aliphatic rings. The van der Waals surface area contributed by atoms with Gasteiger partial charge in [-0.1, -0.05) is 11.6 Å². The maximum Gasteiger partial charge on any atom is 0.313 e. The smallest absolute Gasteiger partial charge is 0.313 e. The van der Waals surface area contributed by atoms with E-state index in [9.17, 15) is 19.7 Å². The number of nitrogens with two attached hydrogens (primary N) is 1. The van der Waals surface area contributed by atoms with Gasteiger partial charge in [-0.25, -0.2) is 0 Å². The minimum Gasteiger partial charge on any atom is -0.462 e. The van der Waals surface area contributed by atoms with Crippen LogP contribution < -0.4 is 5.73 Å². The highest BCUT2D eigenvalue weighted by Gasteiger charge is 2.54. The van der Waals surface area contributed by atoms with Crippen LogP contribution in [0.25, 0.3) is 0 Å². The van der Waals surface area contributed by atoms with Crippen LogP contribution in [0, 0.1) is 33.8 Å². The highest BCUT2D eigenvalue weighted by Crippen LogP contribution is 2.49. The Labute approximate surface area is 121 Å². The molecule has 7 heteroatoms. The molecule has 6 atom stereocenters. The molecule has 1 amide bonds. The van der Waals surface area contributed by atoms with Crippen LogP contribution in [0.15, 0.2) is 11.6 Å². The molecule has 1 aliphatic heterocycles. The minimum absolute atomic E-state index is 0.0862. The first-order valence-electron chi connectivity index (χ1n) is 7.24. The third kappa shape index (κ3) is 2.11. The van der Waals surface area contributed by atoms with E-state index in [1.54, 1.807) is 13.0 Å². The lowest BCUT2D eigenvalue weighted by molar-refractivity contribution is -0.524. The zero-order valence-electron chi connectivity index (χ0n) is 11.7. The molecule has 2 fully saturated rings. The molecule has 1 saturated heterocycles. The largest absolute Gasteiger partial charge is 0.462 e. The third-order valence-electron chi connectivity index (χ3n) is 5.16. The molecule has 0 aromatic carbocycles. The van der Waals surface area contributed by atoms with E-state index in [0.717, 1.165) is 5.57 Å². The molecular weight excluding hydrogens is 276 g/mol. The van der Waals surface area contributed by atoms with E-state index in [-0.39, 0.29) is 28.8 Å². The Kier molecular flexibility index (Phi) is 3.22. The van der Waals surface area contributed by atoms with Crippen molar-refractivity contribution in [1.29, 1.82) is 0 Å². The van der Waals surface area contributed by atoms with Crippen molar-refractivity contribution in [3.8, 4) is 0 Å². The maximum absolute atomic E-state index is 11.9. The van der Waals surface area contributed by atoms with Crippen molar-refractivity contribution in [1.82, 2.24) is 0 Å². The number of hydrogen-bond donors (Lipinski definition) is 1. The number of nitro groups is 1. The third-order valence-corrected chi connectivity index (χ3v) is 5.16. The molecule has 0 aromatic rings. The Morgan fingerprint density at radius 3 is 2.81 bits per heavy atom. The molecule has 3 rings (SSSR count). The van der Waals surface area contributed by atoms with Gasteiger partial charge >= 0.3 is 5.97 Å². The van der Waals surface area contributed by atoms with Crippen LogP contribution in [0.3, 0.4) is 0 Å². The van der Waals surface area contributed by atoms with Gasteiger partial charge in [-0.15, -0.1) is 0 Å². The number of cyclic esters (lactones) is 1. The Hall–Kier alpha value is -1.92. The molecule has 2 aliphatic carbocycles. The van der Waals surface area contributed by atoms with Gasteiger partial charge in [0.2, 0.25) is 11.9 Å². The van der Waals surface area contributed by atoms with Gasteiger partial charge in [0.25, 0.3) is 0 Å². The Balaban J connectivity index is 1.98. The van der Waals surface area contributed by atoms with Crippen molar-refractivity contribution in [3.63, 3.8) is 0 Å². The van der Waals surface area contributed by atoms with Crippen LogP contribution in [-0.2, 0) is 14.3 Å². The van der Waals surface area contributed by atoms with Crippen molar-refractivity contribution in [2.24, 2.45) is 29.4 Å². The molecule has 1 saturated carbocycles. The van der Waals surface area contributed by atoms with Gasteiger partial charge in [0, 0.05) is 23.7 Å². The fourth-order valence-electron chi connectivity index (χ4n) is 4.24. The summed E-state index contributed by atoms with van der Waals surface area (Å²) >= 11 is 0. The molecule has 7 nitrogen and oxygen atoms in total. The predicted molar refractivity (Wildman–Crippen MR) is 71.4 cm³/mol. The number of amides is 1. The molecule has 2 N–H and O–H groups in total. The SMILES string of the molecule is C[C@H]1OC(=O)[C@@H]2C=C3C[C@H]([N+](=O)[O-])CC[C@H]3[C@H](C(N)=O)[C@H]12. The second-order valence-corrected chi connectivity index (χ2v) is 6.24. The number of ether oxygens (including phenoxy) is 1. The van der Waals surface area contributed by atoms with Gasteiger partial charge < -0.3 is 10.5 Å². The van der Waals surface area contributed by atoms with Crippen molar-refractivity contribution in [3.05, 3.63) is 21.8 Å². The molecule has 0 aromatic heterocycles. The van der Waals surface area contributed by atoms with Gasteiger partial charge in [-0.2, -0.15) is 0 Å². The van der Waals surface area contributed by atoms with E-state index in [2.05, 4.69) is 0 Å². The summed E-state index contributed by atoms with van der Waals surface area (Å²) in [5.74, 6) is -2.08. The molecule has 0 bridgehead atoms. The summed E-state index contributed by atoms with van der Waals surface area (Å²) in [4.78, 5) is 34.5. The summed E-state index contributed by atoms with van der Waals surface area (Å²) in [5, 5.41) is 11.0. The van der Waals surface area contributed by atoms with E-state index in [1.807, 2.05) is 0 Å². The second kappa shape index (κ2) is 4.82. The topological polar surface area (TPSA) is 113 Å². The molecule has 114 valence electrons. The lowest BCUT2D eigenvalue weighted by Gasteiger charge is -2.40. The zero-order chi connectivity index (χ0) is 15.3. The highest BCUT2D eigenvalue weighted by atomic mass is 16.6. The molecular formula is C14H18N2O5. The van der Waals surface area contributed by atoms with Crippen LogP contribution in [0.4, 0.5) is 0 Å². The van der Waals surface area contributed by atoms with Gasteiger partial charge in [-0.05, 0) is 19.3 Å². The first-order valence-corrected chi connectivity index (χ1v) is 7.24. The summed E-state index contributed by atoms with van der Waals surface area (Å²) in [6.07, 6.45) is 2.77. The van der Waals surface area contributed by atoms with E-state index in [0.29, 0.717) is 19.3 Å². The number of carbonyl (C=O) groups excluding carboxylic acids is 2. The predicted octanol–water partition coefficient (Wildman–Crippen LogP) is 0.651. The summed E-state index contributed by atoms with van der Waals surface area (Å²) in [5.41, 5.74) is 6.40. The zero-order valence-corrected chi connectivity index (χ0v) is 11.7. The Bertz CT molecular complexity index is 543. The van der Waals surface area contributed by atoms with Crippen molar-refractivity contribution in [2.75, 3.05) is 0 Å². The first-order chi connectivity index (χ1) is 9.90. The molecule has 21 heavy (non-hydrogen) atoms. The van der Waals surface area contributed by atoms with E-state index in [4.69, 9.17) is 10.5 Å². The number of rotatable bonds is 2. The summed E-state index contributed by atoms with van der Waals surface area (Å²) in [6.45, 7) is 1.78. The summed E-state index contributed by atoms with van der Waals surface area (Å²) in [7, 11) is 0. The van der Waals surface area contributed by atoms with Crippen molar-refractivity contribution < 1.29 is 19.2 Å². The number of primary amides is 1. The first kappa shape index (κ1) is 14.0. The standard InChI is InChI=1S/C14H18N2O5/c1-6-11-10(14(18)21-6)5-7-4-8(16(19)20)2-3-9(7)12(11)13(15)17/h5-6,8-12H,2-4H2,1H3,(H2,15,17)/t6-,8-,9-,10-,11-,12+/m1/s1. The Morgan fingerprint density at radius 2 is 2.19 bits per heavy atom. The number of hydrogen-bond acceptors (Lipinski definition) is 5. The average molecular weight is 294 g/mol. The maximum atomic E-state index is 11.9. The summed E-state index contributed by atoms with van der Waals surface area (Å²) < 4.78 is 5.24. The van der Waals surface area contributed by atoms with Crippen LogP contribution in [0.5, 0.6) is 0 Å². The average Bonchev–Trinajstić information content (AvgIpc) is 2.70. The normalized spacial score (nSPS) is 41.6. The number of nitrogens with zero attached hydrogens (tertiary/aromatic N) is 1. The van der Waals surface area contributed by atoms with Crippen LogP contribution in [-0.4, -0.2) is 28.9 Å². The van der Waals surface area contributed by atoms with Gasteiger partial charge in [0.05, 0.1) is 11.8 Å². The van der Waals surface area contributed by atoms with E-state index < -0.39 is 23.8 Å². The van der Waals surface area contributed by atoms with Crippen molar-refractivity contribution >= 4 is 11.9 Å². The van der Waals surface area contributed by atoms with Gasteiger partial charge in [0.15, 0.2) is 0 Å². The molecule has 0 unspecified atom stereocenters. The summed E-state index contributed by atoms with van der Waals surface area (Å²) in [6, 6.07) is -0.632. The van der Waals surface area contributed by atoms with E-state index >= 15 is 0 Å². The van der Waals surface area contributed by atoms with Crippen LogP contribution in [0.1, 0.15) is 26.2 Å². The minimum atomic E-state index is -0.632. The molecule has 1 heterocycles. The lowest BCUT2D eigenvalue weighted by Crippen LogP contribution is -2.46. The van der Waals surface area contributed by atoms with Gasteiger partial charge in [0.1, 0.15) is 6.10 Å². The molecule has 0 spiro atoms. The van der Waals surface area contributed by atoms with Crippen LogP contribution in [0.2, 0.25) is 0 Å². The van der Waals surface area contributed by atoms with Gasteiger partial charge in [-0.3, -0.25) is 19.7 Å². The quantitative estimate of drug-likeness (QED) is 0.348. The Morgan fingerprint density at radius 1 is 1.48 bits per heavy atom. The van der Waals surface area contributed by atoms with Crippen LogP contribution >= 0.6 is 0 Å². The fourth-order valence-corrected chi connectivity index (χ4v) is 4.24. The molecule has 0 radical (unpaired) electrons. The van der Waals surface area contributed by atoms with Crippen molar-refractivity contribution in [2.45, 2.75) is 38.3 Å². The number of esters is 1. The lowest BCUT2D eigenvalue weighted by atomic mass is 9.62. The fraction of sp³-hybridized carbons (Fsp3) is 0.714. The highest BCUT2D eigenvalue weighted by molar-refractivity contribution is 5.83. The van der Waals surface area contributed by atoms with E-state index in [1.165, 1.54) is 0 Å².